The van der Waals surface area contributed by atoms with Crippen LogP contribution in [0.15, 0.2) is 48.5 Å². The number of rotatable bonds is 8. The Balaban J connectivity index is 1.79. The molecule has 7 heteroatoms. The monoisotopic (exact) mass is 366 g/mol. The van der Waals surface area contributed by atoms with Crippen molar-refractivity contribution in [2.24, 2.45) is 0 Å². The fourth-order valence-electron chi connectivity index (χ4n) is 2.23. The minimum atomic E-state index is -2.89. The number of thiocarbonyl (C=S) groups is 1. The largest absolute Gasteiger partial charge is 0.493 e. The lowest BCUT2D eigenvalue weighted by Gasteiger charge is -2.13. The molecule has 0 heterocycles. The number of ether oxygens (including phenoxy) is 2. The van der Waals surface area contributed by atoms with Gasteiger partial charge in [0.15, 0.2) is 16.6 Å². The Bertz CT molecular complexity index is 684. The molecular weight excluding hydrogens is 346 g/mol. The second-order valence-corrected chi connectivity index (χ2v) is 5.62. The maximum Gasteiger partial charge on any atom is 0.387 e. The van der Waals surface area contributed by atoms with Crippen molar-refractivity contribution in [3.8, 4) is 11.5 Å². The summed E-state index contributed by atoms with van der Waals surface area (Å²) in [5.41, 5.74) is 2.07. The van der Waals surface area contributed by atoms with Crippen LogP contribution in [0.4, 0.5) is 8.78 Å². The molecule has 0 aliphatic rings. The Labute approximate surface area is 151 Å². The molecule has 0 radical (unpaired) electrons. The first-order valence-electron chi connectivity index (χ1n) is 7.76. The number of hydrogen-bond donors (Lipinski definition) is 2. The molecule has 2 N–H and O–H groups in total. The van der Waals surface area contributed by atoms with Crippen molar-refractivity contribution < 1.29 is 18.3 Å². The molecule has 0 atom stereocenters. The first-order valence-corrected chi connectivity index (χ1v) is 8.16. The van der Waals surface area contributed by atoms with Crippen LogP contribution in [-0.2, 0) is 13.0 Å². The molecule has 2 rings (SSSR count). The van der Waals surface area contributed by atoms with Crippen molar-refractivity contribution in [2.45, 2.75) is 19.6 Å². The summed E-state index contributed by atoms with van der Waals surface area (Å²) in [5.74, 6) is 0.257. The highest BCUT2D eigenvalue weighted by atomic mass is 32.1. The Morgan fingerprint density at radius 1 is 1.04 bits per heavy atom. The minimum Gasteiger partial charge on any atom is -0.493 e. The lowest BCUT2D eigenvalue weighted by molar-refractivity contribution is -0.0512. The maximum atomic E-state index is 12.3. The molecule has 134 valence electrons. The number of hydrogen-bond acceptors (Lipinski definition) is 3. The molecule has 0 spiro atoms. The highest BCUT2D eigenvalue weighted by molar-refractivity contribution is 7.80. The standard InChI is InChI=1S/C18H20F2N2O2S/c1-23-16-11-14(7-8-15(16)24-17(19)20)12-22-18(25)21-10-9-13-5-3-2-4-6-13/h2-8,11,17H,9-10,12H2,1H3,(H2,21,22,25). The van der Waals surface area contributed by atoms with E-state index < -0.39 is 6.61 Å². The van der Waals surface area contributed by atoms with Crippen LogP contribution < -0.4 is 20.1 Å². The molecule has 0 amide bonds. The molecule has 25 heavy (non-hydrogen) atoms. The van der Waals surface area contributed by atoms with E-state index in [4.69, 9.17) is 17.0 Å². The van der Waals surface area contributed by atoms with Crippen LogP contribution in [0, 0.1) is 0 Å². The molecule has 2 aromatic carbocycles. The van der Waals surface area contributed by atoms with Gasteiger partial charge in [-0.2, -0.15) is 8.78 Å². The lowest BCUT2D eigenvalue weighted by atomic mass is 10.1. The van der Waals surface area contributed by atoms with Crippen LogP contribution in [0.25, 0.3) is 0 Å². The van der Waals surface area contributed by atoms with Crippen LogP contribution in [0.3, 0.4) is 0 Å². The molecule has 0 fully saturated rings. The third-order valence-corrected chi connectivity index (χ3v) is 3.73. The van der Waals surface area contributed by atoms with E-state index in [2.05, 4.69) is 27.5 Å². The molecule has 0 unspecified atom stereocenters. The van der Waals surface area contributed by atoms with Gasteiger partial charge >= 0.3 is 6.61 Å². The van der Waals surface area contributed by atoms with Gasteiger partial charge in [0.1, 0.15) is 0 Å². The van der Waals surface area contributed by atoms with Crippen LogP contribution in [0.1, 0.15) is 11.1 Å². The van der Waals surface area contributed by atoms with E-state index in [0.717, 1.165) is 18.5 Å². The quantitative estimate of drug-likeness (QED) is 0.700. The Morgan fingerprint density at radius 2 is 1.80 bits per heavy atom. The van der Waals surface area contributed by atoms with E-state index in [9.17, 15) is 8.78 Å². The first kappa shape index (κ1) is 18.9. The zero-order valence-corrected chi connectivity index (χ0v) is 14.6. The normalized spacial score (nSPS) is 10.4. The summed E-state index contributed by atoms with van der Waals surface area (Å²) in [4.78, 5) is 0. The van der Waals surface area contributed by atoms with Crippen LogP contribution in [0.5, 0.6) is 11.5 Å². The molecule has 0 aromatic heterocycles. The molecule has 0 aliphatic heterocycles. The van der Waals surface area contributed by atoms with Crippen molar-refractivity contribution in [3.05, 3.63) is 59.7 Å². The number of alkyl halides is 2. The number of benzene rings is 2. The van der Waals surface area contributed by atoms with Gasteiger partial charge in [0.2, 0.25) is 0 Å². The summed E-state index contributed by atoms with van der Waals surface area (Å²) in [6, 6.07) is 14.9. The summed E-state index contributed by atoms with van der Waals surface area (Å²) in [5, 5.41) is 6.74. The van der Waals surface area contributed by atoms with Gasteiger partial charge in [-0.1, -0.05) is 36.4 Å². The van der Waals surface area contributed by atoms with Gasteiger partial charge in [0, 0.05) is 13.1 Å². The van der Waals surface area contributed by atoms with Crippen molar-refractivity contribution >= 4 is 17.3 Å². The van der Waals surface area contributed by atoms with Gasteiger partial charge in [0.25, 0.3) is 0 Å². The van der Waals surface area contributed by atoms with Gasteiger partial charge in [-0.25, -0.2) is 0 Å². The SMILES string of the molecule is COc1cc(CNC(=S)NCCc2ccccc2)ccc1OC(F)F. The van der Waals surface area contributed by atoms with E-state index in [1.165, 1.54) is 18.7 Å². The Hall–Kier alpha value is -2.41. The second kappa shape index (κ2) is 9.78. The molecule has 4 nitrogen and oxygen atoms in total. The van der Waals surface area contributed by atoms with Gasteiger partial charge < -0.3 is 20.1 Å². The first-order chi connectivity index (χ1) is 12.1. The third kappa shape index (κ3) is 6.54. The van der Waals surface area contributed by atoms with Crippen molar-refractivity contribution in [2.75, 3.05) is 13.7 Å². The van der Waals surface area contributed by atoms with Gasteiger partial charge in [-0.15, -0.1) is 0 Å². The number of methoxy groups -OCH3 is 1. The molecule has 0 saturated carbocycles. The van der Waals surface area contributed by atoms with Crippen molar-refractivity contribution in [1.82, 2.24) is 10.6 Å². The van der Waals surface area contributed by atoms with Crippen molar-refractivity contribution in [3.63, 3.8) is 0 Å². The average Bonchev–Trinajstić information content (AvgIpc) is 2.61. The lowest BCUT2D eigenvalue weighted by Crippen LogP contribution is -2.35. The Kier molecular flexibility index (Phi) is 7.40. The maximum absolute atomic E-state index is 12.3. The number of halogens is 2. The fourth-order valence-corrected chi connectivity index (χ4v) is 2.40. The molecule has 0 bridgehead atoms. The summed E-state index contributed by atoms with van der Waals surface area (Å²) < 4.78 is 34.1. The molecule has 0 saturated heterocycles. The summed E-state index contributed by atoms with van der Waals surface area (Å²) in [6.07, 6.45) is 0.871. The molecule has 2 aromatic rings. The van der Waals surface area contributed by atoms with Gasteiger partial charge in [-0.05, 0) is 41.9 Å². The minimum absolute atomic E-state index is 0.00446. The van der Waals surface area contributed by atoms with E-state index >= 15 is 0 Å². The summed E-state index contributed by atoms with van der Waals surface area (Å²) >= 11 is 5.24. The zero-order chi connectivity index (χ0) is 18.1. The van der Waals surface area contributed by atoms with E-state index in [0.29, 0.717) is 11.7 Å². The highest BCUT2D eigenvalue weighted by Crippen LogP contribution is 2.29. The average molecular weight is 366 g/mol. The van der Waals surface area contributed by atoms with Gasteiger partial charge in [-0.3, -0.25) is 0 Å². The van der Waals surface area contributed by atoms with Crippen LogP contribution in [0.2, 0.25) is 0 Å². The summed E-state index contributed by atoms with van der Waals surface area (Å²) in [7, 11) is 1.40. The predicted molar refractivity (Wildman–Crippen MR) is 97.2 cm³/mol. The van der Waals surface area contributed by atoms with E-state index in [1.54, 1.807) is 12.1 Å². The smallest absolute Gasteiger partial charge is 0.387 e. The highest BCUT2D eigenvalue weighted by Gasteiger charge is 2.11. The predicted octanol–water partition coefficient (Wildman–Crippen LogP) is 3.50. The second-order valence-electron chi connectivity index (χ2n) is 5.21. The zero-order valence-electron chi connectivity index (χ0n) is 13.8. The summed E-state index contributed by atoms with van der Waals surface area (Å²) in [6.45, 7) is -1.72. The Morgan fingerprint density at radius 3 is 2.48 bits per heavy atom. The third-order valence-electron chi connectivity index (χ3n) is 3.44. The fraction of sp³-hybridized carbons (Fsp3) is 0.278. The van der Waals surface area contributed by atoms with E-state index in [1.807, 2.05) is 18.2 Å². The molecular formula is C18H20F2N2O2S. The van der Waals surface area contributed by atoms with E-state index in [-0.39, 0.29) is 11.5 Å². The van der Waals surface area contributed by atoms with Gasteiger partial charge in [0.05, 0.1) is 7.11 Å². The van der Waals surface area contributed by atoms with Crippen molar-refractivity contribution in [1.29, 1.82) is 0 Å². The van der Waals surface area contributed by atoms with Crippen LogP contribution >= 0.6 is 12.2 Å². The topological polar surface area (TPSA) is 42.5 Å². The molecule has 0 aliphatic carbocycles. The van der Waals surface area contributed by atoms with Crippen LogP contribution in [-0.4, -0.2) is 25.4 Å². The number of nitrogens with one attached hydrogen (secondary N) is 2.